The van der Waals surface area contributed by atoms with E-state index < -0.39 is 0 Å². The number of amides is 1. The van der Waals surface area contributed by atoms with E-state index in [0.29, 0.717) is 13.2 Å². The second-order valence-electron chi connectivity index (χ2n) is 8.27. The average molecular weight is 424 g/mol. The zero-order valence-corrected chi connectivity index (χ0v) is 18.6. The van der Waals surface area contributed by atoms with Crippen molar-refractivity contribution in [3.05, 3.63) is 65.7 Å². The molecule has 2 aliphatic rings. The number of carbonyl (C=O) groups is 1. The lowest BCUT2D eigenvalue weighted by atomic mass is 9.96. The van der Waals surface area contributed by atoms with E-state index in [0.717, 1.165) is 45.0 Å². The molecule has 2 saturated heterocycles. The number of rotatable bonds is 6. The van der Waals surface area contributed by atoms with Gasteiger partial charge in [-0.05, 0) is 30.2 Å². The number of methoxy groups -OCH3 is 1. The predicted octanol–water partition coefficient (Wildman–Crippen LogP) is 2.65. The van der Waals surface area contributed by atoms with Crippen LogP contribution in [0.25, 0.3) is 0 Å². The van der Waals surface area contributed by atoms with Gasteiger partial charge in [0.15, 0.2) is 0 Å². The first kappa shape index (κ1) is 21.8. The average Bonchev–Trinajstić information content (AvgIpc) is 2.85. The minimum absolute atomic E-state index is 0.0815. The molecule has 2 aliphatic heterocycles. The van der Waals surface area contributed by atoms with Gasteiger partial charge in [0.05, 0.1) is 32.4 Å². The number of hydrogen-bond acceptors (Lipinski definition) is 5. The van der Waals surface area contributed by atoms with Crippen LogP contribution >= 0.6 is 0 Å². The van der Waals surface area contributed by atoms with Gasteiger partial charge in [0, 0.05) is 39.3 Å². The van der Waals surface area contributed by atoms with Crippen LogP contribution in [0, 0.1) is 0 Å². The van der Waals surface area contributed by atoms with Gasteiger partial charge in [0.1, 0.15) is 5.75 Å². The highest BCUT2D eigenvalue weighted by Crippen LogP contribution is 2.30. The highest BCUT2D eigenvalue weighted by Gasteiger charge is 2.32. The normalized spacial score (nSPS) is 20.3. The van der Waals surface area contributed by atoms with Gasteiger partial charge in [-0.15, -0.1) is 0 Å². The summed E-state index contributed by atoms with van der Waals surface area (Å²) in [5.41, 5.74) is 2.52. The molecule has 0 unspecified atom stereocenters. The van der Waals surface area contributed by atoms with Crippen LogP contribution in [0.15, 0.2) is 54.6 Å². The fourth-order valence-electron chi connectivity index (χ4n) is 4.62. The second kappa shape index (κ2) is 10.3. The molecular formula is C25H33N3O3. The predicted molar refractivity (Wildman–Crippen MR) is 121 cm³/mol. The fourth-order valence-corrected chi connectivity index (χ4v) is 4.62. The van der Waals surface area contributed by atoms with Crippen LogP contribution < -0.4 is 4.74 Å². The summed E-state index contributed by atoms with van der Waals surface area (Å²) in [6.07, 6.45) is 0. The lowest BCUT2D eigenvalue weighted by Gasteiger charge is -2.42. The number of carbonyl (C=O) groups excluding carboxylic acids is 1. The van der Waals surface area contributed by atoms with Crippen LogP contribution in [0.3, 0.4) is 0 Å². The smallest absolute Gasteiger partial charge is 0.239 e. The molecule has 0 radical (unpaired) electrons. The molecule has 31 heavy (non-hydrogen) atoms. The first-order valence-electron chi connectivity index (χ1n) is 11.2. The Bertz CT molecular complexity index is 829. The SMILES string of the molecule is COc1ccc([C@H](c2ccccc2)N2CCN(C(=O)[C@@H](C)N3CCOCC3)CC2)cc1. The van der Waals surface area contributed by atoms with Gasteiger partial charge in [-0.2, -0.15) is 0 Å². The van der Waals surface area contributed by atoms with Crippen molar-refractivity contribution in [2.45, 2.75) is 19.0 Å². The first-order chi connectivity index (χ1) is 15.2. The molecule has 2 aromatic rings. The minimum atomic E-state index is -0.0815. The second-order valence-corrected chi connectivity index (χ2v) is 8.27. The van der Waals surface area contributed by atoms with E-state index in [4.69, 9.17) is 9.47 Å². The van der Waals surface area contributed by atoms with E-state index in [-0.39, 0.29) is 18.0 Å². The maximum atomic E-state index is 13.1. The topological polar surface area (TPSA) is 45.2 Å². The molecule has 0 aromatic heterocycles. The van der Waals surface area contributed by atoms with Gasteiger partial charge in [-0.25, -0.2) is 0 Å². The monoisotopic (exact) mass is 423 g/mol. The van der Waals surface area contributed by atoms with Crippen molar-refractivity contribution in [2.75, 3.05) is 59.6 Å². The van der Waals surface area contributed by atoms with E-state index >= 15 is 0 Å². The minimum Gasteiger partial charge on any atom is -0.497 e. The summed E-state index contributed by atoms with van der Waals surface area (Å²) in [7, 11) is 1.69. The Morgan fingerprint density at radius 3 is 2.06 bits per heavy atom. The molecule has 4 rings (SSSR count). The molecule has 1 amide bonds. The molecule has 2 heterocycles. The maximum absolute atomic E-state index is 13.1. The van der Waals surface area contributed by atoms with Crippen molar-refractivity contribution < 1.29 is 14.3 Å². The van der Waals surface area contributed by atoms with Crippen molar-refractivity contribution in [1.82, 2.24) is 14.7 Å². The first-order valence-corrected chi connectivity index (χ1v) is 11.2. The van der Waals surface area contributed by atoms with E-state index in [1.54, 1.807) is 7.11 Å². The van der Waals surface area contributed by atoms with Crippen molar-refractivity contribution >= 4 is 5.91 Å². The molecule has 0 N–H and O–H groups in total. The van der Waals surface area contributed by atoms with Crippen LogP contribution in [-0.4, -0.2) is 86.2 Å². The summed E-state index contributed by atoms with van der Waals surface area (Å²) in [5, 5.41) is 0. The third-order valence-electron chi connectivity index (χ3n) is 6.49. The van der Waals surface area contributed by atoms with E-state index in [9.17, 15) is 4.79 Å². The fraction of sp³-hybridized carbons (Fsp3) is 0.480. The summed E-state index contributed by atoms with van der Waals surface area (Å²) >= 11 is 0. The highest BCUT2D eigenvalue weighted by molar-refractivity contribution is 5.81. The number of ether oxygens (including phenoxy) is 2. The van der Waals surface area contributed by atoms with E-state index in [1.807, 2.05) is 24.0 Å². The number of nitrogens with zero attached hydrogens (tertiary/aromatic N) is 3. The molecular weight excluding hydrogens is 390 g/mol. The zero-order valence-electron chi connectivity index (χ0n) is 18.6. The third-order valence-corrected chi connectivity index (χ3v) is 6.49. The van der Waals surface area contributed by atoms with Gasteiger partial charge in [0.25, 0.3) is 0 Å². The largest absolute Gasteiger partial charge is 0.497 e. The van der Waals surface area contributed by atoms with Crippen molar-refractivity contribution in [3.8, 4) is 5.75 Å². The van der Waals surface area contributed by atoms with Crippen LogP contribution in [0.4, 0.5) is 0 Å². The number of piperazine rings is 1. The van der Waals surface area contributed by atoms with Gasteiger partial charge in [0.2, 0.25) is 5.91 Å². The number of hydrogen-bond donors (Lipinski definition) is 0. The Morgan fingerprint density at radius 1 is 0.839 bits per heavy atom. The lowest BCUT2D eigenvalue weighted by molar-refractivity contribution is -0.140. The van der Waals surface area contributed by atoms with Crippen molar-refractivity contribution in [2.24, 2.45) is 0 Å². The molecule has 2 aromatic carbocycles. The summed E-state index contributed by atoms with van der Waals surface area (Å²) in [5.74, 6) is 1.10. The van der Waals surface area contributed by atoms with Crippen LogP contribution in [0.2, 0.25) is 0 Å². The molecule has 0 saturated carbocycles. The summed E-state index contributed by atoms with van der Waals surface area (Å²) in [6.45, 7) is 8.35. The third kappa shape index (κ3) is 5.09. The Kier molecular flexibility index (Phi) is 7.22. The van der Waals surface area contributed by atoms with Gasteiger partial charge in [-0.3, -0.25) is 14.6 Å². The van der Waals surface area contributed by atoms with E-state index in [2.05, 4.69) is 52.3 Å². The summed E-state index contributed by atoms with van der Waals surface area (Å²) < 4.78 is 10.8. The van der Waals surface area contributed by atoms with Crippen LogP contribution in [0.1, 0.15) is 24.1 Å². The molecule has 0 spiro atoms. The van der Waals surface area contributed by atoms with Crippen LogP contribution in [0.5, 0.6) is 5.75 Å². The van der Waals surface area contributed by atoms with Gasteiger partial charge < -0.3 is 14.4 Å². The van der Waals surface area contributed by atoms with Crippen LogP contribution in [-0.2, 0) is 9.53 Å². The standard InChI is InChI=1S/C25H33N3O3/c1-20(26-16-18-31-19-17-26)25(29)28-14-12-27(13-15-28)24(21-6-4-3-5-7-21)22-8-10-23(30-2)11-9-22/h3-11,20,24H,12-19H2,1-2H3/t20-,24+/m1/s1. The highest BCUT2D eigenvalue weighted by atomic mass is 16.5. The molecule has 0 aliphatic carbocycles. The molecule has 2 fully saturated rings. The number of morpholine rings is 1. The van der Waals surface area contributed by atoms with E-state index in [1.165, 1.54) is 11.1 Å². The van der Waals surface area contributed by atoms with Gasteiger partial charge in [-0.1, -0.05) is 42.5 Å². The molecule has 2 atom stereocenters. The van der Waals surface area contributed by atoms with Crippen molar-refractivity contribution in [1.29, 1.82) is 0 Å². The molecule has 0 bridgehead atoms. The Balaban J connectivity index is 1.45. The van der Waals surface area contributed by atoms with Gasteiger partial charge >= 0.3 is 0 Å². The number of benzene rings is 2. The Hall–Kier alpha value is -2.41. The quantitative estimate of drug-likeness (QED) is 0.715. The summed E-state index contributed by atoms with van der Waals surface area (Å²) in [6, 6.07) is 19.0. The Labute approximate surface area is 185 Å². The summed E-state index contributed by atoms with van der Waals surface area (Å²) in [4.78, 5) is 19.9. The molecule has 166 valence electrons. The molecule has 6 heteroatoms. The molecule has 6 nitrogen and oxygen atoms in total. The zero-order chi connectivity index (χ0) is 21.6. The lowest BCUT2D eigenvalue weighted by Crippen LogP contribution is -2.56. The maximum Gasteiger partial charge on any atom is 0.239 e. The Morgan fingerprint density at radius 2 is 1.45 bits per heavy atom. The van der Waals surface area contributed by atoms with Crippen molar-refractivity contribution in [3.63, 3.8) is 0 Å².